The van der Waals surface area contributed by atoms with Crippen LogP contribution in [-0.2, 0) is 0 Å². The van der Waals surface area contributed by atoms with Gasteiger partial charge in [0.2, 0.25) is 0 Å². The molecule has 2 aromatic rings. The van der Waals surface area contributed by atoms with E-state index < -0.39 is 0 Å². The summed E-state index contributed by atoms with van der Waals surface area (Å²) in [4.78, 5) is 4.08. The topological polar surface area (TPSA) is 51.6 Å². The summed E-state index contributed by atoms with van der Waals surface area (Å²) in [6.45, 7) is 2.42. The first-order chi connectivity index (χ1) is 8.31. The van der Waals surface area contributed by atoms with E-state index in [9.17, 15) is 5.11 Å². The van der Waals surface area contributed by atoms with Gasteiger partial charge in [-0.25, -0.2) is 4.98 Å². The quantitative estimate of drug-likeness (QED) is 0.878. The van der Waals surface area contributed by atoms with Gasteiger partial charge in [-0.1, -0.05) is 12.1 Å². The van der Waals surface area contributed by atoms with Gasteiger partial charge in [-0.3, -0.25) is 0 Å². The maximum atomic E-state index is 9.60. The zero-order valence-corrected chi connectivity index (χ0v) is 9.46. The third-order valence-electron chi connectivity index (χ3n) is 2.11. The van der Waals surface area contributed by atoms with Gasteiger partial charge in [0.1, 0.15) is 0 Å². The second-order valence-electron chi connectivity index (χ2n) is 3.31. The van der Waals surface area contributed by atoms with Crippen LogP contribution in [0.1, 0.15) is 6.92 Å². The van der Waals surface area contributed by atoms with E-state index in [1.165, 1.54) is 0 Å². The fourth-order valence-corrected chi connectivity index (χ4v) is 1.37. The van der Waals surface area contributed by atoms with E-state index in [-0.39, 0.29) is 5.75 Å². The van der Waals surface area contributed by atoms with Crippen molar-refractivity contribution in [1.82, 2.24) is 4.98 Å². The molecule has 0 aliphatic heterocycles. The second-order valence-corrected chi connectivity index (χ2v) is 3.31. The van der Waals surface area contributed by atoms with Gasteiger partial charge in [0, 0.05) is 6.20 Å². The highest BCUT2D eigenvalue weighted by Crippen LogP contribution is 2.33. The van der Waals surface area contributed by atoms with Crippen molar-refractivity contribution in [3.05, 3.63) is 42.6 Å². The summed E-state index contributed by atoms with van der Waals surface area (Å²) >= 11 is 0. The zero-order valence-electron chi connectivity index (χ0n) is 9.46. The van der Waals surface area contributed by atoms with E-state index in [1.807, 2.05) is 6.92 Å². The largest absolute Gasteiger partial charge is 0.504 e. The van der Waals surface area contributed by atoms with Crippen molar-refractivity contribution in [2.75, 3.05) is 6.61 Å². The number of hydrogen-bond donors (Lipinski definition) is 1. The fourth-order valence-electron chi connectivity index (χ4n) is 1.37. The normalized spacial score (nSPS) is 9.94. The zero-order chi connectivity index (χ0) is 12.1. The molecule has 0 saturated heterocycles. The number of nitrogens with zero attached hydrogens (tertiary/aromatic N) is 1. The Hall–Kier alpha value is -2.23. The van der Waals surface area contributed by atoms with Crippen LogP contribution in [0, 0.1) is 0 Å². The molecule has 0 bridgehead atoms. The Morgan fingerprint density at radius 1 is 1.12 bits per heavy atom. The smallest absolute Gasteiger partial charge is 0.262 e. The molecule has 0 aliphatic rings. The van der Waals surface area contributed by atoms with Crippen LogP contribution >= 0.6 is 0 Å². The van der Waals surface area contributed by atoms with E-state index in [4.69, 9.17) is 9.47 Å². The lowest BCUT2D eigenvalue weighted by Gasteiger charge is -2.10. The first-order valence-corrected chi connectivity index (χ1v) is 5.35. The molecular weight excluding hydrogens is 218 g/mol. The first kappa shape index (κ1) is 11.3. The maximum Gasteiger partial charge on any atom is 0.262 e. The summed E-state index contributed by atoms with van der Waals surface area (Å²) in [6, 6.07) is 10.3. The first-order valence-electron chi connectivity index (χ1n) is 5.35. The number of pyridine rings is 1. The molecule has 1 aromatic heterocycles. The monoisotopic (exact) mass is 231 g/mol. The average molecular weight is 231 g/mol. The van der Waals surface area contributed by atoms with E-state index in [2.05, 4.69) is 4.98 Å². The maximum absolute atomic E-state index is 9.60. The van der Waals surface area contributed by atoms with Crippen LogP contribution in [0.25, 0.3) is 0 Å². The molecule has 0 spiro atoms. The lowest BCUT2D eigenvalue weighted by Crippen LogP contribution is -1.96. The van der Waals surface area contributed by atoms with Crippen molar-refractivity contribution >= 4 is 0 Å². The number of hydrogen-bond acceptors (Lipinski definition) is 4. The van der Waals surface area contributed by atoms with Gasteiger partial charge in [0.15, 0.2) is 17.2 Å². The standard InChI is InChI=1S/C13H13NO3/c1-2-16-12-8-5-9-14-13(12)17-11-7-4-3-6-10(11)15/h3-9,15H,2H2,1H3. The van der Waals surface area contributed by atoms with E-state index in [0.29, 0.717) is 24.0 Å². The highest BCUT2D eigenvalue weighted by Gasteiger charge is 2.09. The minimum atomic E-state index is 0.0700. The number of benzene rings is 1. The molecule has 0 amide bonds. The predicted molar refractivity (Wildman–Crippen MR) is 63.6 cm³/mol. The SMILES string of the molecule is CCOc1cccnc1Oc1ccccc1O. The number of aromatic hydroxyl groups is 1. The fraction of sp³-hybridized carbons (Fsp3) is 0.154. The number of ether oxygens (including phenoxy) is 2. The molecular formula is C13H13NO3. The number of rotatable bonds is 4. The lowest BCUT2D eigenvalue weighted by molar-refractivity contribution is 0.312. The molecule has 4 nitrogen and oxygen atoms in total. The van der Waals surface area contributed by atoms with E-state index in [0.717, 1.165) is 0 Å². The van der Waals surface area contributed by atoms with Crippen LogP contribution in [0.15, 0.2) is 42.6 Å². The minimum absolute atomic E-state index is 0.0700. The molecule has 1 aromatic carbocycles. The van der Waals surface area contributed by atoms with Gasteiger partial charge in [-0.15, -0.1) is 0 Å². The van der Waals surface area contributed by atoms with Crippen molar-refractivity contribution in [2.45, 2.75) is 6.92 Å². The summed E-state index contributed by atoms with van der Waals surface area (Å²) in [6.07, 6.45) is 1.61. The molecule has 0 radical (unpaired) electrons. The molecule has 2 rings (SSSR count). The second kappa shape index (κ2) is 5.21. The number of phenolic OH excluding ortho intramolecular Hbond substituents is 1. The molecule has 0 saturated carbocycles. The van der Waals surface area contributed by atoms with Crippen LogP contribution in [0.5, 0.6) is 23.1 Å². The Kier molecular flexibility index (Phi) is 3.45. The number of aromatic nitrogens is 1. The molecule has 88 valence electrons. The highest BCUT2D eigenvalue weighted by molar-refractivity contribution is 5.43. The Labute approximate surface area is 99.5 Å². The summed E-state index contributed by atoms with van der Waals surface area (Å²) in [5.41, 5.74) is 0. The molecule has 0 unspecified atom stereocenters. The molecule has 4 heteroatoms. The van der Waals surface area contributed by atoms with E-state index >= 15 is 0 Å². The molecule has 0 aliphatic carbocycles. The molecule has 1 N–H and O–H groups in total. The Balaban J connectivity index is 2.27. The predicted octanol–water partition coefficient (Wildman–Crippen LogP) is 2.98. The summed E-state index contributed by atoms with van der Waals surface area (Å²) in [5, 5.41) is 9.60. The van der Waals surface area contributed by atoms with Gasteiger partial charge in [0.05, 0.1) is 6.61 Å². The van der Waals surface area contributed by atoms with Crippen molar-refractivity contribution in [1.29, 1.82) is 0 Å². The lowest BCUT2D eigenvalue weighted by atomic mass is 10.3. The Bertz CT molecular complexity index is 500. The van der Waals surface area contributed by atoms with Crippen molar-refractivity contribution < 1.29 is 14.6 Å². The van der Waals surface area contributed by atoms with Gasteiger partial charge in [-0.05, 0) is 31.2 Å². The third kappa shape index (κ3) is 2.66. The van der Waals surface area contributed by atoms with Crippen LogP contribution in [0.2, 0.25) is 0 Å². The van der Waals surface area contributed by atoms with Crippen LogP contribution in [-0.4, -0.2) is 16.7 Å². The number of phenols is 1. The Morgan fingerprint density at radius 2 is 1.88 bits per heavy atom. The minimum Gasteiger partial charge on any atom is -0.504 e. The average Bonchev–Trinajstić information content (AvgIpc) is 2.35. The van der Waals surface area contributed by atoms with Gasteiger partial charge < -0.3 is 14.6 Å². The van der Waals surface area contributed by atoms with Gasteiger partial charge in [0.25, 0.3) is 5.88 Å². The third-order valence-corrected chi connectivity index (χ3v) is 2.11. The van der Waals surface area contributed by atoms with Gasteiger partial charge in [-0.2, -0.15) is 0 Å². The summed E-state index contributed by atoms with van der Waals surface area (Å²) in [5.74, 6) is 1.32. The number of para-hydroxylation sites is 2. The summed E-state index contributed by atoms with van der Waals surface area (Å²) in [7, 11) is 0. The van der Waals surface area contributed by atoms with Crippen molar-refractivity contribution in [3.8, 4) is 23.1 Å². The van der Waals surface area contributed by atoms with Crippen molar-refractivity contribution in [2.24, 2.45) is 0 Å². The van der Waals surface area contributed by atoms with Crippen LogP contribution in [0.3, 0.4) is 0 Å². The molecule has 0 fully saturated rings. The van der Waals surface area contributed by atoms with Crippen LogP contribution in [0.4, 0.5) is 0 Å². The molecule has 17 heavy (non-hydrogen) atoms. The summed E-state index contributed by atoms with van der Waals surface area (Å²) < 4.78 is 10.9. The molecule has 0 atom stereocenters. The highest BCUT2D eigenvalue weighted by atomic mass is 16.5. The van der Waals surface area contributed by atoms with Gasteiger partial charge >= 0.3 is 0 Å². The van der Waals surface area contributed by atoms with Crippen molar-refractivity contribution in [3.63, 3.8) is 0 Å². The Morgan fingerprint density at radius 3 is 2.65 bits per heavy atom. The van der Waals surface area contributed by atoms with E-state index in [1.54, 1.807) is 42.6 Å². The van der Waals surface area contributed by atoms with Crippen LogP contribution < -0.4 is 9.47 Å². The molecule has 1 heterocycles.